The SMILES string of the molecule is Cl.Cl.N#C[C@]1(c2cccc(OCc3ccccc3)c2)CC[C@@H](N2CCNCC2)CC1. The smallest absolute Gasteiger partial charge is 0.120 e. The van der Waals surface area contributed by atoms with Crippen molar-refractivity contribution < 1.29 is 4.74 Å². The lowest BCUT2D eigenvalue weighted by molar-refractivity contribution is 0.122. The van der Waals surface area contributed by atoms with Gasteiger partial charge in [0.25, 0.3) is 0 Å². The number of nitriles is 1. The summed E-state index contributed by atoms with van der Waals surface area (Å²) < 4.78 is 6.00. The summed E-state index contributed by atoms with van der Waals surface area (Å²) >= 11 is 0. The summed E-state index contributed by atoms with van der Waals surface area (Å²) in [6.45, 7) is 4.98. The summed E-state index contributed by atoms with van der Waals surface area (Å²) in [5, 5.41) is 13.5. The molecule has 6 heteroatoms. The summed E-state index contributed by atoms with van der Waals surface area (Å²) in [6.07, 6.45) is 4.06. The number of nitrogens with zero attached hydrogens (tertiary/aromatic N) is 2. The molecular weight excluding hydrogens is 417 g/mol. The molecule has 4 rings (SSSR count). The normalized spacial score (nSPS) is 24.0. The quantitative estimate of drug-likeness (QED) is 0.719. The lowest BCUT2D eigenvalue weighted by atomic mass is 9.69. The van der Waals surface area contributed by atoms with Gasteiger partial charge < -0.3 is 10.1 Å². The molecule has 2 fully saturated rings. The molecule has 0 unspecified atom stereocenters. The first-order valence-corrected chi connectivity index (χ1v) is 10.4. The molecule has 2 aromatic rings. The highest BCUT2D eigenvalue weighted by atomic mass is 35.5. The highest BCUT2D eigenvalue weighted by Crippen LogP contribution is 2.41. The van der Waals surface area contributed by atoms with Crippen LogP contribution in [-0.4, -0.2) is 37.1 Å². The lowest BCUT2D eigenvalue weighted by Gasteiger charge is -2.42. The maximum Gasteiger partial charge on any atom is 0.120 e. The van der Waals surface area contributed by atoms with Crippen LogP contribution in [0.2, 0.25) is 0 Å². The minimum atomic E-state index is -0.378. The number of piperazine rings is 1. The van der Waals surface area contributed by atoms with Gasteiger partial charge in [0, 0.05) is 32.2 Å². The molecule has 0 amide bonds. The lowest BCUT2D eigenvalue weighted by Crippen LogP contribution is -2.50. The average Bonchev–Trinajstić information content (AvgIpc) is 2.79. The maximum absolute atomic E-state index is 10.1. The van der Waals surface area contributed by atoms with Gasteiger partial charge in [-0.2, -0.15) is 5.26 Å². The van der Waals surface area contributed by atoms with Crippen LogP contribution < -0.4 is 10.1 Å². The van der Waals surface area contributed by atoms with E-state index in [0.29, 0.717) is 12.6 Å². The molecule has 4 nitrogen and oxygen atoms in total. The molecule has 162 valence electrons. The van der Waals surface area contributed by atoms with Gasteiger partial charge in [0.1, 0.15) is 12.4 Å². The Bertz CT molecular complexity index is 811. The van der Waals surface area contributed by atoms with Crippen molar-refractivity contribution in [3.8, 4) is 11.8 Å². The Hall–Kier alpha value is -1.77. The zero-order valence-corrected chi connectivity index (χ0v) is 18.9. The van der Waals surface area contributed by atoms with E-state index in [2.05, 4.69) is 40.6 Å². The Morgan fingerprint density at radius 2 is 1.70 bits per heavy atom. The number of hydrogen-bond acceptors (Lipinski definition) is 4. The number of halogens is 2. The van der Waals surface area contributed by atoms with Gasteiger partial charge in [0.2, 0.25) is 0 Å². The van der Waals surface area contributed by atoms with Crippen LogP contribution in [-0.2, 0) is 12.0 Å². The van der Waals surface area contributed by atoms with Gasteiger partial charge in [-0.05, 0) is 48.9 Å². The van der Waals surface area contributed by atoms with Crippen LogP contribution in [0, 0.1) is 11.3 Å². The molecule has 1 heterocycles. The molecule has 0 atom stereocenters. The molecule has 0 spiro atoms. The van der Waals surface area contributed by atoms with Gasteiger partial charge in [-0.25, -0.2) is 0 Å². The van der Waals surface area contributed by atoms with Crippen LogP contribution in [0.1, 0.15) is 36.8 Å². The largest absolute Gasteiger partial charge is 0.489 e. The first-order valence-electron chi connectivity index (χ1n) is 10.4. The maximum atomic E-state index is 10.1. The van der Waals surface area contributed by atoms with Gasteiger partial charge in [-0.15, -0.1) is 24.8 Å². The van der Waals surface area contributed by atoms with Crippen molar-refractivity contribution in [3.05, 3.63) is 65.7 Å². The van der Waals surface area contributed by atoms with E-state index < -0.39 is 0 Å². The van der Waals surface area contributed by atoms with E-state index in [1.54, 1.807) is 0 Å². The summed E-state index contributed by atoms with van der Waals surface area (Å²) in [5.41, 5.74) is 1.88. The molecule has 0 bridgehead atoms. The van der Waals surface area contributed by atoms with Crippen molar-refractivity contribution >= 4 is 24.8 Å². The molecule has 1 N–H and O–H groups in total. The number of benzene rings is 2. The number of nitrogens with one attached hydrogen (secondary N) is 1. The van der Waals surface area contributed by atoms with Crippen molar-refractivity contribution in [2.24, 2.45) is 0 Å². The topological polar surface area (TPSA) is 48.3 Å². The summed E-state index contributed by atoms with van der Waals surface area (Å²) in [6, 6.07) is 21.7. The van der Waals surface area contributed by atoms with Gasteiger partial charge >= 0.3 is 0 Å². The van der Waals surface area contributed by atoms with E-state index in [1.807, 2.05) is 30.3 Å². The number of hydrogen-bond donors (Lipinski definition) is 1. The molecule has 2 aliphatic rings. The van der Waals surface area contributed by atoms with Crippen molar-refractivity contribution in [2.75, 3.05) is 26.2 Å². The molecular formula is C24H31Cl2N3O. The summed E-state index contributed by atoms with van der Waals surface area (Å²) in [4.78, 5) is 2.61. The van der Waals surface area contributed by atoms with Crippen molar-refractivity contribution in [1.82, 2.24) is 10.2 Å². The minimum absolute atomic E-state index is 0. The fourth-order valence-electron chi connectivity index (χ4n) is 4.60. The summed E-state index contributed by atoms with van der Waals surface area (Å²) in [7, 11) is 0. The Labute approximate surface area is 192 Å². The first kappa shape index (κ1) is 24.5. The summed E-state index contributed by atoms with van der Waals surface area (Å²) in [5.74, 6) is 0.847. The fraction of sp³-hybridized carbons (Fsp3) is 0.458. The van der Waals surface area contributed by atoms with Crippen molar-refractivity contribution in [2.45, 2.75) is 43.7 Å². The van der Waals surface area contributed by atoms with Gasteiger partial charge in [-0.3, -0.25) is 4.90 Å². The zero-order chi connectivity index (χ0) is 19.2. The van der Waals surface area contributed by atoms with Crippen LogP contribution in [0.4, 0.5) is 0 Å². The second-order valence-electron chi connectivity index (χ2n) is 8.01. The first-order chi connectivity index (χ1) is 13.8. The Balaban J connectivity index is 0.00000160. The van der Waals surface area contributed by atoms with Crippen LogP contribution in [0.5, 0.6) is 5.75 Å². The van der Waals surface area contributed by atoms with Crippen molar-refractivity contribution in [3.63, 3.8) is 0 Å². The van der Waals surface area contributed by atoms with Gasteiger partial charge in [0.05, 0.1) is 11.5 Å². The number of ether oxygens (including phenoxy) is 1. The molecule has 0 aromatic heterocycles. The van der Waals surface area contributed by atoms with E-state index in [4.69, 9.17) is 4.74 Å². The van der Waals surface area contributed by atoms with Crippen LogP contribution >= 0.6 is 24.8 Å². The van der Waals surface area contributed by atoms with E-state index in [1.165, 1.54) is 0 Å². The highest BCUT2D eigenvalue weighted by molar-refractivity contribution is 5.85. The zero-order valence-electron chi connectivity index (χ0n) is 17.3. The van der Waals surface area contributed by atoms with Gasteiger partial charge in [0.15, 0.2) is 0 Å². The monoisotopic (exact) mass is 447 g/mol. The van der Waals surface area contributed by atoms with E-state index in [9.17, 15) is 5.26 Å². The van der Waals surface area contributed by atoms with E-state index in [0.717, 1.165) is 68.7 Å². The Kier molecular flexibility index (Phi) is 9.45. The third kappa shape index (κ3) is 5.68. The molecule has 1 aliphatic carbocycles. The molecule has 2 aromatic carbocycles. The van der Waals surface area contributed by atoms with Crippen LogP contribution in [0.3, 0.4) is 0 Å². The number of rotatable bonds is 5. The van der Waals surface area contributed by atoms with Crippen LogP contribution in [0.15, 0.2) is 54.6 Å². The predicted octanol–water partition coefficient (Wildman–Crippen LogP) is 4.72. The Morgan fingerprint density at radius 1 is 1.00 bits per heavy atom. The van der Waals surface area contributed by atoms with Gasteiger partial charge in [-0.1, -0.05) is 42.5 Å². The van der Waals surface area contributed by atoms with E-state index >= 15 is 0 Å². The average molecular weight is 448 g/mol. The van der Waals surface area contributed by atoms with Crippen molar-refractivity contribution in [1.29, 1.82) is 5.26 Å². The minimum Gasteiger partial charge on any atom is -0.489 e. The third-order valence-electron chi connectivity index (χ3n) is 6.33. The molecule has 1 saturated heterocycles. The third-order valence-corrected chi connectivity index (χ3v) is 6.33. The van der Waals surface area contributed by atoms with Crippen LogP contribution in [0.25, 0.3) is 0 Å². The predicted molar refractivity (Wildman–Crippen MR) is 126 cm³/mol. The standard InChI is InChI=1S/C24H29N3O.2ClH/c25-19-24(11-9-22(10-12-24)27-15-13-26-14-16-27)21-7-4-8-23(17-21)28-18-20-5-2-1-3-6-20;;/h1-8,17,22,26H,9-16,18H2;2*1H/t22-,24+;;. The Morgan fingerprint density at radius 3 is 2.37 bits per heavy atom. The molecule has 1 saturated carbocycles. The highest BCUT2D eigenvalue weighted by Gasteiger charge is 2.39. The second kappa shape index (κ2) is 11.6. The molecule has 0 radical (unpaired) electrons. The molecule has 30 heavy (non-hydrogen) atoms. The fourth-order valence-corrected chi connectivity index (χ4v) is 4.60. The second-order valence-corrected chi connectivity index (χ2v) is 8.01. The van der Waals surface area contributed by atoms with E-state index in [-0.39, 0.29) is 30.2 Å². The molecule has 1 aliphatic heterocycles.